The lowest BCUT2D eigenvalue weighted by molar-refractivity contribution is -0.150. The average Bonchev–Trinajstić information content (AvgIpc) is 3.02. The lowest BCUT2D eigenvalue weighted by Gasteiger charge is -2.35. The number of carbonyl (C=O) groups excluding carboxylic acids is 1. The summed E-state index contributed by atoms with van der Waals surface area (Å²) in [6, 6.07) is 0.406. The molecular formula is C17H28N2O3. The summed E-state index contributed by atoms with van der Waals surface area (Å²) in [6.07, 6.45) is 7.26. The topological polar surface area (TPSA) is 60.9 Å². The Kier molecular flexibility index (Phi) is 4.44. The van der Waals surface area contributed by atoms with Gasteiger partial charge in [0.2, 0.25) is 5.91 Å². The Morgan fingerprint density at radius 1 is 1.05 bits per heavy atom. The molecule has 1 N–H and O–H groups in total. The number of hydrogen-bond donors (Lipinski definition) is 1. The van der Waals surface area contributed by atoms with E-state index in [1.807, 2.05) is 0 Å². The van der Waals surface area contributed by atoms with Crippen LogP contribution in [0.4, 0.5) is 0 Å². The number of carboxylic acid groups (broad SMARTS) is 1. The van der Waals surface area contributed by atoms with Crippen LogP contribution in [0.5, 0.6) is 0 Å². The van der Waals surface area contributed by atoms with E-state index in [1.54, 1.807) is 4.90 Å². The maximum atomic E-state index is 12.9. The van der Waals surface area contributed by atoms with Gasteiger partial charge in [0.25, 0.3) is 0 Å². The molecule has 0 aromatic heterocycles. The minimum atomic E-state index is -0.828. The monoisotopic (exact) mass is 308 g/mol. The smallest absolute Gasteiger partial charge is 0.326 e. The first-order valence-electron chi connectivity index (χ1n) is 8.78. The van der Waals surface area contributed by atoms with Crippen LogP contribution in [0, 0.1) is 5.92 Å². The highest BCUT2D eigenvalue weighted by atomic mass is 16.4. The van der Waals surface area contributed by atoms with Crippen LogP contribution in [0.2, 0.25) is 0 Å². The molecule has 5 unspecified atom stereocenters. The van der Waals surface area contributed by atoms with Crippen molar-refractivity contribution in [3.8, 4) is 0 Å². The van der Waals surface area contributed by atoms with Crippen LogP contribution in [0.3, 0.4) is 0 Å². The number of nitrogens with zero attached hydrogens (tertiary/aromatic N) is 2. The van der Waals surface area contributed by atoms with Crippen LogP contribution in [0.15, 0.2) is 0 Å². The van der Waals surface area contributed by atoms with E-state index < -0.39 is 12.0 Å². The molecule has 0 aromatic carbocycles. The van der Waals surface area contributed by atoms with Crippen molar-refractivity contribution in [1.82, 2.24) is 9.80 Å². The van der Waals surface area contributed by atoms with Crippen LogP contribution in [-0.4, -0.2) is 57.5 Å². The normalized spacial score (nSPS) is 39.0. The molecule has 3 aliphatic rings. The predicted molar refractivity (Wildman–Crippen MR) is 83.5 cm³/mol. The lowest BCUT2D eigenvalue weighted by atomic mass is 9.85. The summed E-state index contributed by atoms with van der Waals surface area (Å²) in [6.45, 7) is 4.72. The van der Waals surface area contributed by atoms with Crippen LogP contribution >= 0.6 is 0 Å². The molecule has 3 rings (SSSR count). The van der Waals surface area contributed by atoms with Gasteiger partial charge in [-0.3, -0.25) is 9.69 Å². The molecule has 1 saturated carbocycles. The van der Waals surface area contributed by atoms with Gasteiger partial charge in [0.15, 0.2) is 0 Å². The zero-order valence-electron chi connectivity index (χ0n) is 13.7. The largest absolute Gasteiger partial charge is 0.480 e. The van der Waals surface area contributed by atoms with Gasteiger partial charge in [0.05, 0.1) is 6.54 Å². The average molecular weight is 308 g/mol. The van der Waals surface area contributed by atoms with E-state index in [9.17, 15) is 14.7 Å². The van der Waals surface area contributed by atoms with Gasteiger partial charge in [-0.15, -0.1) is 0 Å². The number of amides is 1. The lowest BCUT2D eigenvalue weighted by Crippen LogP contribution is -2.51. The number of aliphatic carboxylic acids is 1. The summed E-state index contributed by atoms with van der Waals surface area (Å²) < 4.78 is 0. The van der Waals surface area contributed by atoms with E-state index in [-0.39, 0.29) is 11.9 Å². The summed E-state index contributed by atoms with van der Waals surface area (Å²) >= 11 is 0. The van der Waals surface area contributed by atoms with Crippen molar-refractivity contribution < 1.29 is 14.7 Å². The Labute approximate surface area is 132 Å². The van der Waals surface area contributed by atoms with Gasteiger partial charge in [0, 0.05) is 18.1 Å². The quantitative estimate of drug-likeness (QED) is 0.867. The van der Waals surface area contributed by atoms with E-state index in [1.165, 1.54) is 6.42 Å². The van der Waals surface area contributed by atoms with Crippen molar-refractivity contribution in [2.24, 2.45) is 5.92 Å². The summed E-state index contributed by atoms with van der Waals surface area (Å²) in [5.41, 5.74) is 0. The number of rotatable bonds is 3. The molecular weight excluding hydrogens is 280 g/mol. The first-order chi connectivity index (χ1) is 10.5. The summed E-state index contributed by atoms with van der Waals surface area (Å²) in [7, 11) is 0. The van der Waals surface area contributed by atoms with Gasteiger partial charge in [-0.2, -0.15) is 0 Å². The van der Waals surface area contributed by atoms with Gasteiger partial charge >= 0.3 is 5.97 Å². The standard InChI is InChI=1S/C17H28N2O3/c1-11-7-8-12(2)18(11)10-16(20)19-14-6-4-3-5-13(14)9-15(19)17(21)22/h11-15H,3-10H2,1-2H3,(H,21,22). The number of likely N-dealkylation sites (tertiary alicyclic amines) is 2. The molecule has 1 aliphatic carbocycles. The molecule has 1 amide bonds. The van der Waals surface area contributed by atoms with E-state index in [2.05, 4.69) is 18.7 Å². The molecule has 0 radical (unpaired) electrons. The zero-order chi connectivity index (χ0) is 15.9. The van der Waals surface area contributed by atoms with Crippen LogP contribution in [-0.2, 0) is 9.59 Å². The fourth-order valence-corrected chi connectivity index (χ4v) is 4.84. The van der Waals surface area contributed by atoms with E-state index in [0.29, 0.717) is 31.0 Å². The van der Waals surface area contributed by atoms with E-state index in [4.69, 9.17) is 0 Å². The second-order valence-electron chi connectivity index (χ2n) is 7.45. The van der Waals surface area contributed by atoms with Crippen molar-refractivity contribution >= 4 is 11.9 Å². The first kappa shape index (κ1) is 15.8. The molecule has 5 atom stereocenters. The van der Waals surface area contributed by atoms with E-state index in [0.717, 1.165) is 32.1 Å². The zero-order valence-corrected chi connectivity index (χ0v) is 13.7. The molecule has 5 heteroatoms. The Balaban J connectivity index is 1.74. The molecule has 2 heterocycles. The minimum absolute atomic E-state index is 0.0300. The Morgan fingerprint density at radius 2 is 1.68 bits per heavy atom. The van der Waals surface area contributed by atoms with Crippen molar-refractivity contribution in [3.05, 3.63) is 0 Å². The number of carboxylic acids is 1. The van der Waals surface area contributed by atoms with Gasteiger partial charge in [0.1, 0.15) is 6.04 Å². The van der Waals surface area contributed by atoms with Crippen LogP contribution in [0.25, 0.3) is 0 Å². The number of fused-ring (bicyclic) bond motifs is 1. The maximum Gasteiger partial charge on any atom is 0.326 e. The second-order valence-corrected chi connectivity index (χ2v) is 7.45. The fourth-order valence-electron chi connectivity index (χ4n) is 4.84. The summed E-state index contributed by atoms with van der Waals surface area (Å²) in [5.74, 6) is -0.403. The summed E-state index contributed by atoms with van der Waals surface area (Å²) in [5, 5.41) is 9.54. The molecule has 0 bridgehead atoms. The SMILES string of the molecule is CC1CCC(C)N1CC(=O)N1C(C(=O)O)CC2CCCCC21. The Bertz CT molecular complexity index is 443. The van der Waals surface area contributed by atoms with Gasteiger partial charge in [-0.1, -0.05) is 12.8 Å². The Hall–Kier alpha value is -1.10. The fraction of sp³-hybridized carbons (Fsp3) is 0.882. The van der Waals surface area contributed by atoms with Crippen molar-refractivity contribution in [2.45, 2.75) is 83.0 Å². The van der Waals surface area contributed by atoms with Crippen molar-refractivity contribution in [1.29, 1.82) is 0 Å². The second kappa shape index (κ2) is 6.19. The first-order valence-corrected chi connectivity index (χ1v) is 8.78. The highest BCUT2D eigenvalue weighted by Gasteiger charge is 2.48. The number of carbonyl (C=O) groups is 2. The third-order valence-electron chi connectivity index (χ3n) is 6.11. The van der Waals surface area contributed by atoms with Gasteiger partial charge < -0.3 is 10.0 Å². The third kappa shape index (κ3) is 2.75. The Morgan fingerprint density at radius 3 is 2.32 bits per heavy atom. The highest BCUT2D eigenvalue weighted by Crippen LogP contribution is 2.40. The van der Waals surface area contributed by atoms with Gasteiger partial charge in [-0.05, 0) is 51.9 Å². The molecule has 0 spiro atoms. The molecule has 2 saturated heterocycles. The number of hydrogen-bond acceptors (Lipinski definition) is 3. The van der Waals surface area contributed by atoms with Crippen molar-refractivity contribution in [2.75, 3.05) is 6.54 Å². The van der Waals surface area contributed by atoms with Crippen LogP contribution in [0.1, 0.15) is 58.8 Å². The molecule has 2 aliphatic heterocycles. The van der Waals surface area contributed by atoms with Crippen molar-refractivity contribution in [3.63, 3.8) is 0 Å². The molecule has 5 nitrogen and oxygen atoms in total. The van der Waals surface area contributed by atoms with E-state index >= 15 is 0 Å². The third-order valence-corrected chi connectivity index (χ3v) is 6.11. The van der Waals surface area contributed by atoms with Crippen LogP contribution < -0.4 is 0 Å². The molecule has 3 fully saturated rings. The molecule has 0 aromatic rings. The molecule has 124 valence electrons. The minimum Gasteiger partial charge on any atom is -0.480 e. The summed E-state index contributed by atoms with van der Waals surface area (Å²) in [4.78, 5) is 28.5. The molecule has 22 heavy (non-hydrogen) atoms. The predicted octanol–water partition coefficient (Wildman–Crippen LogP) is 2.10. The van der Waals surface area contributed by atoms with Gasteiger partial charge in [-0.25, -0.2) is 4.79 Å². The maximum absolute atomic E-state index is 12.9. The highest BCUT2D eigenvalue weighted by molar-refractivity contribution is 5.86.